The summed E-state index contributed by atoms with van der Waals surface area (Å²) in [5.74, 6) is 0.344. The first-order valence-corrected chi connectivity index (χ1v) is 8.64. The minimum atomic E-state index is -0.251. The van der Waals surface area contributed by atoms with E-state index in [1.807, 2.05) is 0 Å². The van der Waals surface area contributed by atoms with Crippen molar-refractivity contribution in [2.24, 2.45) is 5.10 Å². The number of amides is 1. The van der Waals surface area contributed by atoms with Gasteiger partial charge in [-0.25, -0.2) is 5.43 Å². The molecule has 1 amide bonds. The highest BCUT2D eigenvalue weighted by Crippen LogP contribution is 2.31. The number of hydrogen-bond acceptors (Lipinski definition) is 3. The van der Waals surface area contributed by atoms with Gasteiger partial charge >= 0.3 is 0 Å². The molecule has 128 valence electrons. The van der Waals surface area contributed by atoms with Gasteiger partial charge in [-0.05, 0) is 45.7 Å². The van der Waals surface area contributed by atoms with Crippen molar-refractivity contribution in [3.63, 3.8) is 0 Å². The summed E-state index contributed by atoms with van der Waals surface area (Å²) in [7, 11) is 0. The molecular weight excluding hydrogens is 302 g/mol. The number of carbonyl (C=O) groups is 1. The molecule has 1 saturated carbocycles. The molecule has 2 aromatic rings. The Morgan fingerprint density at radius 1 is 1.29 bits per heavy atom. The first-order valence-electron chi connectivity index (χ1n) is 8.64. The fraction of sp³-hybridized carbons (Fsp3) is 0.474. The zero-order valence-corrected chi connectivity index (χ0v) is 14.6. The van der Waals surface area contributed by atoms with Crippen LogP contribution in [0.2, 0.25) is 0 Å². The molecule has 0 aromatic carbocycles. The van der Waals surface area contributed by atoms with E-state index >= 15 is 0 Å². The number of aromatic nitrogens is 1. The SMILES string of the molecule is Cc1occc1C(=O)N/N=C\c1cc(C)n(C2CCCCC2)c1C. The van der Waals surface area contributed by atoms with Crippen LogP contribution in [0.3, 0.4) is 0 Å². The molecule has 0 bridgehead atoms. The summed E-state index contributed by atoms with van der Waals surface area (Å²) in [5.41, 5.74) is 6.62. The van der Waals surface area contributed by atoms with Crippen molar-refractivity contribution in [1.29, 1.82) is 0 Å². The normalized spacial score (nSPS) is 16.0. The van der Waals surface area contributed by atoms with Crippen molar-refractivity contribution < 1.29 is 9.21 Å². The molecule has 0 spiro atoms. The van der Waals surface area contributed by atoms with Gasteiger partial charge in [0.2, 0.25) is 0 Å². The molecule has 1 fully saturated rings. The van der Waals surface area contributed by atoms with Crippen LogP contribution in [0.15, 0.2) is 27.9 Å². The van der Waals surface area contributed by atoms with Crippen LogP contribution in [0.1, 0.15) is 71.2 Å². The Kier molecular flexibility index (Phi) is 4.88. The van der Waals surface area contributed by atoms with E-state index < -0.39 is 0 Å². The minimum absolute atomic E-state index is 0.251. The van der Waals surface area contributed by atoms with Gasteiger partial charge in [0.15, 0.2) is 0 Å². The van der Waals surface area contributed by atoms with Gasteiger partial charge in [0.1, 0.15) is 5.76 Å². The van der Waals surface area contributed by atoms with Gasteiger partial charge in [-0.3, -0.25) is 4.79 Å². The summed E-state index contributed by atoms with van der Waals surface area (Å²) in [5, 5.41) is 4.12. The molecule has 1 N–H and O–H groups in total. The van der Waals surface area contributed by atoms with Crippen LogP contribution in [-0.2, 0) is 0 Å². The fourth-order valence-electron chi connectivity index (χ4n) is 3.68. The van der Waals surface area contributed by atoms with Crippen molar-refractivity contribution in [2.45, 2.75) is 58.9 Å². The van der Waals surface area contributed by atoms with Gasteiger partial charge in [0.05, 0.1) is 18.0 Å². The zero-order chi connectivity index (χ0) is 17.1. The van der Waals surface area contributed by atoms with Crippen LogP contribution in [-0.4, -0.2) is 16.7 Å². The van der Waals surface area contributed by atoms with E-state index in [4.69, 9.17) is 4.42 Å². The third kappa shape index (κ3) is 3.30. The predicted molar refractivity (Wildman–Crippen MR) is 94.5 cm³/mol. The van der Waals surface area contributed by atoms with Crippen molar-refractivity contribution in [3.05, 3.63) is 46.7 Å². The van der Waals surface area contributed by atoms with Crippen molar-refractivity contribution in [1.82, 2.24) is 9.99 Å². The number of rotatable bonds is 4. The van der Waals surface area contributed by atoms with Crippen molar-refractivity contribution in [2.75, 3.05) is 0 Å². The first-order chi connectivity index (χ1) is 11.6. The number of furan rings is 1. The highest BCUT2D eigenvalue weighted by molar-refractivity contribution is 5.95. The molecule has 24 heavy (non-hydrogen) atoms. The van der Waals surface area contributed by atoms with E-state index in [0.29, 0.717) is 17.4 Å². The molecule has 5 nitrogen and oxygen atoms in total. The number of carbonyl (C=O) groups excluding carboxylic acids is 1. The van der Waals surface area contributed by atoms with Crippen LogP contribution >= 0.6 is 0 Å². The molecule has 2 aromatic heterocycles. The van der Waals surface area contributed by atoms with Crippen LogP contribution in [0.4, 0.5) is 0 Å². The molecule has 0 atom stereocenters. The van der Waals surface area contributed by atoms with Gasteiger partial charge in [-0.1, -0.05) is 19.3 Å². The highest BCUT2D eigenvalue weighted by atomic mass is 16.3. The molecule has 5 heteroatoms. The van der Waals surface area contributed by atoms with E-state index in [1.165, 1.54) is 49.8 Å². The average Bonchev–Trinajstić information content (AvgIpc) is 3.12. The fourth-order valence-corrected chi connectivity index (χ4v) is 3.68. The molecule has 1 aliphatic carbocycles. The summed E-state index contributed by atoms with van der Waals surface area (Å²) in [4.78, 5) is 12.0. The highest BCUT2D eigenvalue weighted by Gasteiger charge is 2.19. The third-order valence-electron chi connectivity index (χ3n) is 4.94. The van der Waals surface area contributed by atoms with Crippen molar-refractivity contribution >= 4 is 12.1 Å². The summed E-state index contributed by atoms with van der Waals surface area (Å²) in [6.07, 6.45) is 9.72. The second-order valence-electron chi connectivity index (χ2n) is 6.58. The Hall–Kier alpha value is -2.30. The zero-order valence-electron chi connectivity index (χ0n) is 14.6. The lowest BCUT2D eigenvalue weighted by atomic mass is 9.95. The first kappa shape index (κ1) is 16.6. The molecule has 2 heterocycles. The lowest BCUT2D eigenvalue weighted by Crippen LogP contribution is -2.18. The number of aryl methyl sites for hydroxylation is 2. The van der Waals surface area contributed by atoms with E-state index in [-0.39, 0.29) is 5.91 Å². The minimum Gasteiger partial charge on any atom is -0.469 e. The number of nitrogens with zero attached hydrogens (tertiary/aromatic N) is 2. The summed E-state index contributed by atoms with van der Waals surface area (Å²) < 4.78 is 7.57. The Morgan fingerprint density at radius 2 is 2.04 bits per heavy atom. The molecule has 0 saturated heterocycles. The lowest BCUT2D eigenvalue weighted by molar-refractivity contribution is 0.0953. The van der Waals surface area contributed by atoms with Crippen LogP contribution in [0.5, 0.6) is 0 Å². The number of hydrogen-bond donors (Lipinski definition) is 1. The molecule has 0 aliphatic heterocycles. The molecule has 1 aliphatic rings. The van der Waals surface area contributed by atoms with Gasteiger partial charge in [-0.15, -0.1) is 0 Å². The quantitative estimate of drug-likeness (QED) is 0.673. The van der Waals surface area contributed by atoms with Crippen LogP contribution < -0.4 is 5.43 Å². The predicted octanol–water partition coefficient (Wildman–Crippen LogP) is 4.28. The number of nitrogens with one attached hydrogen (secondary N) is 1. The Labute approximate surface area is 142 Å². The third-order valence-corrected chi connectivity index (χ3v) is 4.94. The van der Waals surface area contributed by atoms with Gasteiger partial charge in [-0.2, -0.15) is 5.10 Å². The largest absolute Gasteiger partial charge is 0.469 e. The Morgan fingerprint density at radius 3 is 2.71 bits per heavy atom. The second-order valence-corrected chi connectivity index (χ2v) is 6.58. The average molecular weight is 327 g/mol. The van der Waals surface area contributed by atoms with Crippen molar-refractivity contribution in [3.8, 4) is 0 Å². The summed E-state index contributed by atoms with van der Waals surface area (Å²) >= 11 is 0. The monoisotopic (exact) mass is 327 g/mol. The lowest BCUT2D eigenvalue weighted by Gasteiger charge is -2.26. The second kappa shape index (κ2) is 7.07. The molecule has 0 radical (unpaired) electrons. The Balaban J connectivity index is 1.71. The van der Waals surface area contributed by atoms with E-state index in [1.54, 1.807) is 19.2 Å². The Bertz CT molecular complexity index is 749. The topological polar surface area (TPSA) is 59.5 Å². The van der Waals surface area contributed by atoms with E-state index in [0.717, 1.165) is 5.56 Å². The maximum Gasteiger partial charge on any atom is 0.274 e. The van der Waals surface area contributed by atoms with Gasteiger partial charge < -0.3 is 8.98 Å². The summed E-state index contributed by atoms with van der Waals surface area (Å²) in [6, 6.07) is 4.39. The van der Waals surface area contributed by atoms with E-state index in [9.17, 15) is 4.79 Å². The summed E-state index contributed by atoms with van der Waals surface area (Å²) in [6.45, 7) is 6.04. The smallest absolute Gasteiger partial charge is 0.274 e. The van der Waals surface area contributed by atoms with E-state index in [2.05, 4.69) is 35.0 Å². The molecular formula is C19H25N3O2. The van der Waals surface area contributed by atoms with Gasteiger partial charge in [0.25, 0.3) is 5.91 Å². The van der Waals surface area contributed by atoms with Crippen LogP contribution in [0.25, 0.3) is 0 Å². The molecule has 3 rings (SSSR count). The van der Waals surface area contributed by atoms with Crippen LogP contribution in [0, 0.1) is 20.8 Å². The number of hydrazone groups is 1. The standard InChI is InChI=1S/C19H25N3O2/c1-13-11-16(14(2)22(13)17-7-5-4-6-8-17)12-20-21-19(23)18-9-10-24-15(18)3/h9-12,17H,4-8H2,1-3H3,(H,21,23)/b20-12-. The molecule has 0 unspecified atom stereocenters. The maximum absolute atomic E-state index is 12.0. The maximum atomic E-state index is 12.0. The van der Waals surface area contributed by atoms with Gasteiger partial charge in [0, 0.05) is 23.0 Å².